The summed E-state index contributed by atoms with van der Waals surface area (Å²) in [4.78, 5) is 38.0. The standard InChI is InChI=1S/C19H21N3O3/c1-12(2)20-17(23)11-10-15-18(24)22(19(25)21-15)16-9-5-7-13-6-3-4-8-14(13)16/h3-9,12,15H,10-11H2,1-2H3,(H,20,23)(H,21,25)/t15-/m0/s1. The van der Waals surface area contributed by atoms with Gasteiger partial charge in [-0.3, -0.25) is 9.59 Å². The Balaban J connectivity index is 1.78. The zero-order valence-corrected chi connectivity index (χ0v) is 14.3. The first-order chi connectivity index (χ1) is 12.0. The first-order valence-electron chi connectivity index (χ1n) is 8.39. The van der Waals surface area contributed by atoms with Gasteiger partial charge in [0.1, 0.15) is 6.04 Å². The predicted octanol–water partition coefficient (Wildman–Crippen LogP) is 2.57. The van der Waals surface area contributed by atoms with Crippen LogP contribution in [0, 0.1) is 0 Å². The summed E-state index contributed by atoms with van der Waals surface area (Å²) >= 11 is 0. The molecule has 25 heavy (non-hydrogen) atoms. The van der Waals surface area contributed by atoms with Crippen LogP contribution in [0.3, 0.4) is 0 Å². The fourth-order valence-corrected chi connectivity index (χ4v) is 3.03. The molecule has 6 heteroatoms. The molecule has 3 rings (SSSR count). The average molecular weight is 339 g/mol. The van der Waals surface area contributed by atoms with Gasteiger partial charge in [0.05, 0.1) is 5.69 Å². The monoisotopic (exact) mass is 339 g/mol. The lowest BCUT2D eigenvalue weighted by atomic mass is 10.1. The summed E-state index contributed by atoms with van der Waals surface area (Å²) < 4.78 is 0. The van der Waals surface area contributed by atoms with Crippen molar-refractivity contribution in [2.75, 3.05) is 4.90 Å². The third-order valence-corrected chi connectivity index (χ3v) is 4.14. The minimum atomic E-state index is -0.676. The summed E-state index contributed by atoms with van der Waals surface area (Å²) in [5, 5.41) is 7.26. The molecule has 4 amide bonds. The highest BCUT2D eigenvalue weighted by Crippen LogP contribution is 2.29. The third-order valence-electron chi connectivity index (χ3n) is 4.14. The Labute approximate surface area is 146 Å². The summed E-state index contributed by atoms with van der Waals surface area (Å²) in [6, 6.07) is 12.0. The molecule has 0 bridgehead atoms. The van der Waals surface area contributed by atoms with Gasteiger partial charge in [-0.25, -0.2) is 9.69 Å². The highest BCUT2D eigenvalue weighted by atomic mass is 16.2. The van der Waals surface area contributed by atoms with Gasteiger partial charge in [0.25, 0.3) is 5.91 Å². The minimum absolute atomic E-state index is 0.0496. The SMILES string of the molecule is CC(C)NC(=O)CC[C@@H]1NC(=O)N(c2cccc3ccccc23)C1=O. The normalized spacial score (nSPS) is 17.2. The van der Waals surface area contributed by atoms with E-state index in [0.717, 1.165) is 10.8 Å². The molecule has 0 aromatic heterocycles. The molecule has 1 aliphatic rings. The van der Waals surface area contributed by atoms with Crippen molar-refractivity contribution < 1.29 is 14.4 Å². The van der Waals surface area contributed by atoms with E-state index in [0.29, 0.717) is 5.69 Å². The van der Waals surface area contributed by atoms with Crippen molar-refractivity contribution in [2.45, 2.75) is 38.8 Å². The summed E-state index contributed by atoms with van der Waals surface area (Å²) in [5.74, 6) is -0.445. The number of benzene rings is 2. The Morgan fingerprint density at radius 2 is 1.88 bits per heavy atom. The summed E-state index contributed by atoms with van der Waals surface area (Å²) in [5.41, 5.74) is 0.565. The quantitative estimate of drug-likeness (QED) is 0.822. The van der Waals surface area contributed by atoms with Crippen molar-refractivity contribution in [3.8, 4) is 0 Å². The van der Waals surface area contributed by atoms with Crippen molar-refractivity contribution in [2.24, 2.45) is 0 Å². The number of hydrogen-bond donors (Lipinski definition) is 2. The van der Waals surface area contributed by atoms with E-state index < -0.39 is 12.1 Å². The highest BCUT2D eigenvalue weighted by Gasteiger charge is 2.39. The lowest BCUT2D eigenvalue weighted by Gasteiger charge is -2.15. The van der Waals surface area contributed by atoms with E-state index in [-0.39, 0.29) is 30.7 Å². The Morgan fingerprint density at radius 1 is 1.16 bits per heavy atom. The number of carbonyl (C=O) groups excluding carboxylic acids is 3. The average Bonchev–Trinajstić information content (AvgIpc) is 2.86. The minimum Gasteiger partial charge on any atom is -0.354 e. The molecule has 2 aromatic carbocycles. The molecular formula is C19H21N3O3. The molecule has 0 spiro atoms. The van der Waals surface area contributed by atoms with Gasteiger partial charge in [-0.05, 0) is 31.7 Å². The van der Waals surface area contributed by atoms with Crippen LogP contribution >= 0.6 is 0 Å². The number of carbonyl (C=O) groups is 3. The lowest BCUT2D eigenvalue weighted by molar-refractivity contribution is -0.122. The van der Waals surface area contributed by atoms with Gasteiger partial charge < -0.3 is 10.6 Å². The molecule has 1 saturated heterocycles. The molecule has 1 atom stereocenters. The topological polar surface area (TPSA) is 78.5 Å². The number of anilines is 1. The predicted molar refractivity (Wildman–Crippen MR) is 96.3 cm³/mol. The molecule has 1 fully saturated rings. The highest BCUT2D eigenvalue weighted by molar-refractivity contribution is 6.24. The molecule has 1 heterocycles. The second-order valence-electron chi connectivity index (χ2n) is 6.43. The van der Waals surface area contributed by atoms with E-state index in [2.05, 4.69) is 10.6 Å². The van der Waals surface area contributed by atoms with Gasteiger partial charge in [-0.15, -0.1) is 0 Å². The van der Waals surface area contributed by atoms with Gasteiger partial charge in [-0.1, -0.05) is 36.4 Å². The molecule has 0 aliphatic carbocycles. The maximum atomic E-state index is 12.7. The Bertz CT molecular complexity index is 826. The van der Waals surface area contributed by atoms with Crippen LogP contribution in [0.4, 0.5) is 10.5 Å². The van der Waals surface area contributed by atoms with Crippen LogP contribution < -0.4 is 15.5 Å². The molecule has 0 saturated carbocycles. The number of fused-ring (bicyclic) bond motifs is 1. The molecule has 0 unspecified atom stereocenters. The van der Waals surface area contributed by atoms with Crippen LogP contribution in [-0.2, 0) is 9.59 Å². The molecular weight excluding hydrogens is 318 g/mol. The van der Waals surface area contributed by atoms with Crippen LogP contribution in [0.15, 0.2) is 42.5 Å². The van der Waals surface area contributed by atoms with Crippen LogP contribution in [0.1, 0.15) is 26.7 Å². The van der Waals surface area contributed by atoms with Crippen LogP contribution in [0.25, 0.3) is 10.8 Å². The fraction of sp³-hybridized carbons (Fsp3) is 0.316. The number of hydrogen-bond acceptors (Lipinski definition) is 3. The first kappa shape index (κ1) is 17.0. The van der Waals surface area contributed by atoms with Gasteiger partial charge in [0.2, 0.25) is 5.91 Å². The summed E-state index contributed by atoms with van der Waals surface area (Å²) in [7, 11) is 0. The first-order valence-corrected chi connectivity index (χ1v) is 8.39. The Kier molecular flexibility index (Phi) is 4.70. The largest absolute Gasteiger partial charge is 0.354 e. The van der Waals surface area contributed by atoms with Crippen molar-refractivity contribution in [1.29, 1.82) is 0 Å². The van der Waals surface area contributed by atoms with Gasteiger partial charge >= 0.3 is 6.03 Å². The summed E-state index contributed by atoms with van der Waals surface area (Å²) in [6.07, 6.45) is 0.475. The molecule has 2 aromatic rings. The van der Waals surface area contributed by atoms with E-state index in [1.165, 1.54) is 4.90 Å². The second kappa shape index (κ2) is 6.93. The zero-order valence-electron chi connectivity index (χ0n) is 14.3. The maximum Gasteiger partial charge on any atom is 0.329 e. The van der Waals surface area contributed by atoms with Crippen molar-refractivity contribution in [3.05, 3.63) is 42.5 Å². The van der Waals surface area contributed by atoms with Crippen molar-refractivity contribution in [3.63, 3.8) is 0 Å². The number of imide groups is 1. The van der Waals surface area contributed by atoms with E-state index in [1.807, 2.05) is 50.2 Å². The maximum absolute atomic E-state index is 12.7. The Hall–Kier alpha value is -2.89. The number of nitrogens with one attached hydrogen (secondary N) is 2. The smallest absolute Gasteiger partial charge is 0.329 e. The molecule has 2 N–H and O–H groups in total. The van der Waals surface area contributed by atoms with Crippen molar-refractivity contribution >= 4 is 34.3 Å². The molecule has 0 radical (unpaired) electrons. The van der Waals surface area contributed by atoms with Crippen LogP contribution in [0.2, 0.25) is 0 Å². The number of nitrogens with zero attached hydrogens (tertiary/aromatic N) is 1. The van der Waals surface area contributed by atoms with E-state index in [4.69, 9.17) is 0 Å². The lowest BCUT2D eigenvalue weighted by Crippen LogP contribution is -2.34. The molecule has 130 valence electrons. The number of urea groups is 1. The Morgan fingerprint density at radius 3 is 2.64 bits per heavy atom. The fourth-order valence-electron chi connectivity index (χ4n) is 3.03. The van der Waals surface area contributed by atoms with Crippen LogP contribution in [0.5, 0.6) is 0 Å². The van der Waals surface area contributed by atoms with E-state index >= 15 is 0 Å². The van der Waals surface area contributed by atoms with E-state index in [1.54, 1.807) is 6.07 Å². The second-order valence-corrected chi connectivity index (χ2v) is 6.43. The number of rotatable bonds is 5. The van der Waals surface area contributed by atoms with Crippen LogP contribution in [-0.4, -0.2) is 29.9 Å². The van der Waals surface area contributed by atoms with Gasteiger partial charge in [0.15, 0.2) is 0 Å². The number of amides is 4. The molecule has 6 nitrogen and oxygen atoms in total. The van der Waals surface area contributed by atoms with Crippen molar-refractivity contribution in [1.82, 2.24) is 10.6 Å². The van der Waals surface area contributed by atoms with Gasteiger partial charge in [0, 0.05) is 17.8 Å². The summed E-state index contributed by atoms with van der Waals surface area (Å²) in [6.45, 7) is 3.76. The zero-order chi connectivity index (χ0) is 18.0. The third kappa shape index (κ3) is 3.47. The van der Waals surface area contributed by atoms with E-state index in [9.17, 15) is 14.4 Å². The molecule has 1 aliphatic heterocycles. The van der Waals surface area contributed by atoms with Gasteiger partial charge in [-0.2, -0.15) is 0 Å².